The number of hydrogen-bond donors (Lipinski definition) is 1. The van der Waals surface area contributed by atoms with Gasteiger partial charge in [0.2, 0.25) is 0 Å². The SMILES string of the molecule is CCOCCN(CC)CCNCC(F)(F)F. The van der Waals surface area contributed by atoms with Gasteiger partial charge in [-0.1, -0.05) is 6.92 Å². The number of ether oxygens (including phenoxy) is 1. The zero-order valence-electron chi connectivity index (χ0n) is 9.94. The van der Waals surface area contributed by atoms with E-state index in [9.17, 15) is 13.2 Å². The van der Waals surface area contributed by atoms with Crippen molar-refractivity contribution in [2.75, 3.05) is 45.9 Å². The van der Waals surface area contributed by atoms with Crippen molar-refractivity contribution in [3.8, 4) is 0 Å². The first-order valence-electron chi connectivity index (χ1n) is 5.57. The van der Waals surface area contributed by atoms with Crippen LogP contribution in [0.3, 0.4) is 0 Å². The Morgan fingerprint density at radius 3 is 2.38 bits per heavy atom. The second-order valence-electron chi connectivity index (χ2n) is 3.42. The zero-order valence-corrected chi connectivity index (χ0v) is 9.94. The van der Waals surface area contributed by atoms with Gasteiger partial charge in [0.25, 0.3) is 0 Å². The summed E-state index contributed by atoms with van der Waals surface area (Å²) >= 11 is 0. The minimum Gasteiger partial charge on any atom is -0.380 e. The summed E-state index contributed by atoms with van der Waals surface area (Å²) in [5.41, 5.74) is 0. The topological polar surface area (TPSA) is 24.5 Å². The standard InChI is InChI=1S/C10H21F3N2O/c1-3-15(7-8-16-4-2)6-5-14-9-10(11,12)13/h14H,3-9H2,1-2H3. The molecule has 0 aliphatic heterocycles. The fraction of sp³-hybridized carbons (Fsp3) is 1.00. The normalized spacial score (nSPS) is 12.4. The molecule has 0 radical (unpaired) electrons. The van der Waals surface area contributed by atoms with Crippen LogP contribution in [0.4, 0.5) is 13.2 Å². The maximum Gasteiger partial charge on any atom is 0.401 e. The van der Waals surface area contributed by atoms with Gasteiger partial charge < -0.3 is 15.0 Å². The number of nitrogens with zero attached hydrogens (tertiary/aromatic N) is 1. The van der Waals surface area contributed by atoms with Crippen molar-refractivity contribution in [3.05, 3.63) is 0 Å². The zero-order chi connectivity index (χ0) is 12.4. The third kappa shape index (κ3) is 10.2. The molecule has 0 bridgehead atoms. The third-order valence-corrected chi connectivity index (χ3v) is 2.13. The largest absolute Gasteiger partial charge is 0.401 e. The Kier molecular flexibility index (Phi) is 8.60. The minimum absolute atomic E-state index is 0.347. The summed E-state index contributed by atoms with van der Waals surface area (Å²) in [4.78, 5) is 2.05. The van der Waals surface area contributed by atoms with Crippen LogP contribution in [0.25, 0.3) is 0 Å². The van der Waals surface area contributed by atoms with Gasteiger partial charge in [-0.15, -0.1) is 0 Å². The van der Waals surface area contributed by atoms with Gasteiger partial charge in [-0.2, -0.15) is 13.2 Å². The van der Waals surface area contributed by atoms with Crippen LogP contribution < -0.4 is 5.32 Å². The molecule has 0 amide bonds. The summed E-state index contributed by atoms with van der Waals surface area (Å²) in [7, 11) is 0. The second-order valence-corrected chi connectivity index (χ2v) is 3.42. The van der Waals surface area contributed by atoms with E-state index in [2.05, 4.69) is 10.2 Å². The molecule has 0 unspecified atom stereocenters. The molecule has 0 fully saturated rings. The van der Waals surface area contributed by atoms with E-state index < -0.39 is 12.7 Å². The monoisotopic (exact) mass is 242 g/mol. The Bertz CT molecular complexity index is 165. The lowest BCUT2D eigenvalue weighted by Crippen LogP contribution is -2.37. The smallest absolute Gasteiger partial charge is 0.380 e. The van der Waals surface area contributed by atoms with Gasteiger partial charge >= 0.3 is 6.18 Å². The van der Waals surface area contributed by atoms with Crippen LogP contribution in [0.5, 0.6) is 0 Å². The first-order chi connectivity index (χ1) is 7.49. The van der Waals surface area contributed by atoms with E-state index in [-0.39, 0.29) is 0 Å². The number of alkyl halides is 3. The fourth-order valence-electron chi connectivity index (χ4n) is 1.23. The van der Waals surface area contributed by atoms with E-state index >= 15 is 0 Å². The molecule has 0 aliphatic rings. The molecule has 0 rings (SSSR count). The van der Waals surface area contributed by atoms with Crippen molar-refractivity contribution in [2.45, 2.75) is 20.0 Å². The molecule has 0 aromatic heterocycles. The molecule has 3 nitrogen and oxygen atoms in total. The van der Waals surface area contributed by atoms with Crippen LogP contribution in [0.15, 0.2) is 0 Å². The summed E-state index contributed by atoms with van der Waals surface area (Å²) < 4.78 is 40.6. The number of halogens is 3. The minimum atomic E-state index is -4.12. The van der Waals surface area contributed by atoms with E-state index in [1.165, 1.54) is 0 Å². The van der Waals surface area contributed by atoms with Gasteiger partial charge in [-0.3, -0.25) is 0 Å². The lowest BCUT2D eigenvalue weighted by atomic mass is 10.4. The maximum atomic E-state index is 11.8. The molecule has 0 saturated carbocycles. The Labute approximate surface area is 94.9 Å². The molecule has 16 heavy (non-hydrogen) atoms. The molecule has 0 spiro atoms. The predicted molar refractivity (Wildman–Crippen MR) is 57.5 cm³/mol. The van der Waals surface area contributed by atoms with Crippen LogP contribution in [0.1, 0.15) is 13.8 Å². The quantitative estimate of drug-likeness (QED) is 0.620. The van der Waals surface area contributed by atoms with Crippen molar-refractivity contribution in [2.24, 2.45) is 0 Å². The Balaban J connectivity index is 3.47. The summed E-state index contributed by atoms with van der Waals surface area (Å²) in [5.74, 6) is 0. The summed E-state index contributed by atoms with van der Waals surface area (Å²) in [6.07, 6.45) is -4.12. The lowest BCUT2D eigenvalue weighted by Gasteiger charge is -2.20. The average molecular weight is 242 g/mol. The molecule has 0 aromatic rings. The van der Waals surface area contributed by atoms with Crippen molar-refractivity contribution in [1.29, 1.82) is 0 Å². The van der Waals surface area contributed by atoms with Gasteiger partial charge in [0, 0.05) is 26.2 Å². The summed E-state index contributed by atoms with van der Waals surface area (Å²) in [5, 5.41) is 2.37. The van der Waals surface area contributed by atoms with Crippen LogP contribution >= 0.6 is 0 Å². The highest BCUT2D eigenvalue weighted by atomic mass is 19.4. The molecular weight excluding hydrogens is 221 g/mol. The summed E-state index contributed by atoms with van der Waals surface area (Å²) in [6, 6.07) is 0. The van der Waals surface area contributed by atoms with Crippen molar-refractivity contribution in [1.82, 2.24) is 10.2 Å². The molecule has 0 saturated heterocycles. The van der Waals surface area contributed by atoms with Gasteiger partial charge in [-0.05, 0) is 13.5 Å². The number of hydrogen-bond acceptors (Lipinski definition) is 3. The molecule has 0 atom stereocenters. The highest BCUT2D eigenvalue weighted by Crippen LogP contribution is 2.11. The average Bonchev–Trinajstić information content (AvgIpc) is 2.20. The number of nitrogens with one attached hydrogen (secondary N) is 1. The molecular formula is C10H21F3N2O. The highest BCUT2D eigenvalue weighted by molar-refractivity contribution is 4.60. The Morgan fingerprint density at radius 1 is 1.19 bits per heavy atom. The van der Waals surface area contributed by atoms with Crippen molar-refractivity contribution < 1.29 is 17.9 Å². The fourth-order valence-corrected chi connectivity index (χ4v) is 1.23. The molecule has 1 N–H and O–H groups in total. The molecule has 0 aromatic carbocycles. The van der Waals surface area contributed by atoms with Crippen LogP contribution in [-0.4, -0.2) is 57.0 Å². The van der Waals surface area contributed by atoms with Gasteiger partial charge in [0.05, 0.1) is 13.2 Å². The Morgan fingerprint density at radius 2 is 1.88 bits per heavy atom. The predicted octanol–water partition coefficient (Wildman–Crippen LogP) is 1.50. The highest BCUT2D eigenvalue weighted by Gasteiger charge is 2.25. The van der Waals surface area contributed by atoms with Crippen molar-refractivity contribution >= 4 is 0 Å². The number of rotatable bonds is 9. The molecule has 6 heteroatoms. The van der Waals surface area contributed by atoms with Gasteiger partial charge in [-0.25, -0.2) is 0 Å². The van der Waals surface area contributed by atoms with Gasteiger partial charge in [0.1, 0.15) is 0 Å². The van der Waals surface area contributed by atoms with Crippen LogP contribution in [-0.2, 0) is 4.74 Å². The van der Waals surface area contributed by atoms with Crippen molar-refractivity contribution in [3.63, 3.8) is 0 Å². The number of likely N-dealkylation sites (N-methyl/N-ethyl adjacent to an activating group) is 1. The first kappa shape index (κ1) is 15.7. The third-order valence-electron chi connectivity index (χ3n) is 2.13. The Hall–Kier alpha value is -0.330. The lowest BCUT2D eigenvalue weighted by molar-refractivity contribution is -0.124. The maximum absolute atomic E-state index is 11.8. The van der Waals surface area contributed by atoms with E-state index in [1.807, 2.05) is 13.8 Å². The second kappa shape index (κ2) is 8.78. The van der Waals surface area contributed by atoms with E-state index in [1.54, 1.807) is 0 Å². The van der Waals surface area contributed by atoms with E-state index in [0.717, 1.165) is 13.1 Å². The van der Waals surface area contributed by atoms with Crippen LogP contribution in [0, 0.1) is 0 Å². The first-order valence-corrected chi connectivity index (χ1v) is 5.57. The van der Waals surface area contributed by atoms with Crippen LogP contribution in [0.2, 0.25) is 0 Å². The summed E-state index contributed by atoms with van der Waals surface area (Å²) in [6.45, 7) is 6.82. The molecule has 0 heterocycles. The molecule has 98 valence electrons. The van der Waals surface area contributed by atoms with E-state index in [0.29, 0.717) is 26.3 Å². The van der Waals surface area contributed by atoms with E-state index in [4.69, 9.17) is 4.74 Å². The molecule has 0 aliphatic carbocycles. The van der Waals surface area contributed by atoms with Gasteiger partial charge in [0.15, 0.2) is 0 Å².